The standard InChI is InChI=1S/C20H28N2O3/c23-19(21-15-18-7-4-12-25-18)14-20(24)22-10-8-17(9-11-22)13-16-5-2-1-3-6-16/h1-3,5-6,17-18H,4,7-15H2,(H,21,23). The van der Waals surface area contributed by atoms with E-state index < -0.39 is 0 Å². The molecule has 0 saturated carbocycles. The van der Waals surface area contributed by atoms with Gasteiger partial charge in [-0.3, -0.25) is 9.59 Å². The second-order valence-electron chi connectivity index (χ2n) is 7.13. The number of rotatable bonds is 6. The first kappa shape index (κ1) is 17.9. The first-order valence-electron chi connectivity index (χ1n) is 9.40. The Morgan fingerprint density at radius 1 is 1.12 bits per heavy atom. The number of carbonyl (C=O) groups excluding carboxylic acids is 2. The van der Waals surface area contributed by atoms with Crippen molar-refractivity contribution in [3.63, 3.8) is 0 Å². The van der Waals surface area contributed by atoms with Crippen LogP contribution in [0.25, 0.3) is 0 Å². The lowest BCUT2D eigenvalue weighted by Gasteiger charge is -2.32. The van der Waals surface area contributed by atoms with Gasteiger partial charge in [-0.1, -0.05) is 30.3 Å². The number of ether oxygens (including phenoxy) is 1. The molecule has 1 aromatic rings. The molecule has 1 N–H and O–H groups in total. The van der Waals surface area contributed by atoms with Crippen molar-refractivity contribution in [1.29, 1.82) is 0 Å². The Bertz CT molecular complexity index is 562. The number of hydrogen-bond acceptors (Lipinski definition) is 3. The fourth-order valence-electron chi connectivity index (χ4n) is 3.68. The van der Waals surface area contributed by atoms with Crippen molar-refractivity contribution in [1.82, 2.24) is 10.2 Å². The van der Waals surface area contributed by atoms with Crippen LogP contribution in [0.4, 0.5) is 0 Å². The molecule has 2 fully saturated rings. The predicted molar refractivity (Wildman–Crippen MR) is 96.1 cm³/mol. The normalized spacial score (nSPS) is 21.3. The zero-order valence-corrected chi connectivity index (χ0v) is 14.8. The van der Waals surface area contributed by atoms with E-state index >= 15 is 0 Å². The number of nitrogens with zero attached hydrogens (tertiary/aromatic N) is 1. The van der Waals surface area contributed by atoms with E-state index in [1.165, 1.54) is 5.56 Å². The topological polar surface area (TPSA) is 58.6 Å². The van der Waals surface area contributed by atoms with Gasteiger partial charge >= 0.3 is 0 Å². The lowest BCUT2D eigenvalue weighted by Crippen LogP contribution is -2.42. The molecule has 5 heteroatoms. The van der Waals surface area contributed by atoms with Gasteiger partial charge in [0, 0.05) is 26.2 Å². The van der Waals surface area contributed by atoms with E-state index in [0.717, 1.165) is 51.8 Å². The summed E-state index contributed by atoms with van der Waals surface area (Å²) in [7, 11) is 0. The summed E-state index contributed by atoms with van der Waals surface area (Å²) in [6, 6.07) is 10.5. The van der Waals surface area contributed by atoms with Gasteiger partial charge in [0.1, 0.15) is 6.42 Å². The molecule has 136 valence electrons. The highest BCUT2D eigenvalue weighted by atomic mass is 16.5. The van der Waals surface area contributed by atoms with Crippen LogP contribution in [0, 0.1) is 5.92 Å². The second kappa shape index (κ2) is 8.99. The summed E-state index contributed by atoms with van der Waals surface area (Å²) in [6.07, 6.45) is 5.21. The van der Waals surface area contributed by atoms with Gasteiger partial charge in [0.05, 0.1) is 6.10 Å². The fourth-order valence-corrected chi connectivity index (χ4v) is 3.68. The Balaban J connectivity index is 1.35. The third-order valence-electron chi connectivity index (χ3n) is 5.20. The average Bonchev–Trinajstić information content (AvgIpc) is 3.15. The van der Waals surface area contributed by atoms with E-state index in [1.807, 2.05) is 11.0 Å². The first-order chi connectivity index (χ1) is 12.2. The van der Waals surface area contributed by atoms with Gasteiger partial charge in [-0.2, -0.15) is 0 Å². The summed E-state index contributed by atoms with van der Waals surface area (Å²) in [6.45, 7) is 2.81. The van der Waals surface area contributed by atoms with E-state index in [2.05, 4.69) is 29.6 Å². The van der Waals surface area contributed by atoms with Crippen molar-refractivity contribution < 1.29 is 14.3 Å². The van der Waals surface area contributed by atoms with Crippen LogP contribution in [-0.2, 0) is 20.7 Å². The molecule has 2 heterocycles. The smallest absolute Gasteiger partial charge is 0.232 e. The molecule has 1 atom stereocenters. The van der Waals surface area contributed by atoms with Crippen LogP contribution in [0.3, 0.4) is 0 Å². The number of likely N-dealkylation sites (tertiary alicyclic amines) is 1. The van der Waals surface area contributed by atoms with Crippen molar-refractivity contribution in [2.45, 2.75) is 44.6 Å². The Morgan fingerprint density at radius 3 is 2.56 bits per heavy atom. The van der Waals surface area contributed by atoms with Crippen LogP contribution < -0.4 is 5.32 Å². The van der Waals surface area contributed by atoms with Crippen molar-refractivity contribution >= 4 is 11.8 Å². The minimum Gasteiger partial charge on any atom is -0.376 e. The van der Waals surface area contributed by atoms with Gasteiger partial charge in [-0.25, -0.2) is 0 Å². The molecule has 0 spiro atoms. The highest BCUT2D eigenvalue weighted by molar-refractivity contribution is 5.96. The molecular formula is C20H28N2O3. The van der Waals surface area contributed by atoms with Crippen molar-refractivity contribution in [2.24, 2.45) is 5.92 Å². The van der Waals surface area contributed by atoms with Gasteiger partial charge in [-0.05, 0) is 43.6 Å². The number of carbonyl (C=O) groups is 2. The van der Waals surface area contributed by atoms with Gasteiger partial charge in [0.15, 0.2) is 0 Å². The average molecular weight is 344 g/mol. The highest BCUT2D eigenvalue weighted by Crippen LogP contribution is 2.22. The molecule has 0 bridgehead atoms. The van der Waals surface area contributed by atoms with E-state index in [-0.39, 0.29) is 24.3 Å². The molecular weight excluding hydrogens is 316 g/mol. The number of benzene rings is 1. The Morgan fingerprint density at radius 2 is 1.88 bits per heavy atom. The summed E-state index contributed by atoms with van der Waals surface area (Å²) in [5.41, 5.74) is 1.36. The Kier molecular flexibility index (Phi) is 6.45. The van der Waals surface area contributed by atoms with Crippen molar-refractivity contribution in [3.05, 3.63) is 35.9 Å². The summed E-state index contributed by atoms with van der Waals surface area (Å²) in [5.74, 6) is 0.384. The van der Waals surface area contributed by atoms with E-state index in [0.29, 0.717) is 12.5 Å². The van der Waals surface area contributed by atoms with Crippen LogP contribution in [-0.4, -0.2) is 49.1 Å². The number of nitrogens with one attached hydrogen (secondary N) is 1. The zero-order chi connectivity index (χ0) is 17.5. The Hall–Kier alpha value is -1.88. The molecule has 2 aliphatic rings. The molecule has 2 amide bonds. The highest BCUT2D eigenvalue weighted by Gasteiger charge is 2.24. The number of piperidine rings is 1. The van der Waals surface area contributed by atoms with Crippen LogP contribution >= 0.6 is 0 Å². The predicted octanol–water partition coefficient (Wildman–Crippen LogP) is 2.15. The largest absolute Gasteiger partial charge is 0.376 e. The number of amides is 2. The zero-order valence-electron chi connectivity index (χ0n) is 14.8. The molecule has 5 nitrogen and oxygen atoms in total. The molecule has 25 heavy (non-hydrogen) atoms. The van der Waals surface area contributed by atoms with Gasteiger partial charge in [-0.15, -0.1) is 0 Å². The van der Waals surface area contributed by atoms with Gasteiger partial charge < -0.3 is 15.0 Å². The number of hydrogen-bond donors (Lipinski definition) is 1. The van der Waals surface area contributed by atoms with Crippen LogP contribution in [0.15, 0.2) is 30.3 Å². The minimum atomic E-state index is -0.188. The van der Waals surface area contributed by atoms with Crippen LogP contribution in [0.1, 0.15) is 37.7 Å². The lowest BCUT2D eigenvalue weighted by atomic mass is 9.90. The minimum absolute atomic E-state index is 0.0456. The van der Waals surface area contributed by atoms with Crippen molar-refractivity contribution in [2.75, 3.05) is 26.2 Å². The Labute approximate surface area is 149 Å². The maximum Gasteiger partial charge on any atom is 0.232 e. The third-order valence-corrected chi connectivity index (χ3v) is 5.20. The third kappa shape index (κ3) is 5.56. The summed E-state index contributed by atoms with van der Waals surface area (Å²) >= 11 is 0. The summed E-state index contributed by atoms with van der Waals surface area (Å²) in [5, 5.41) is 2.82. The van der Waals surface area contributed by atoms with Crippen LogP contribution in [0.5, 0.6) is 0 Å². The van der Waals surface area contributed by atoms with Crippen LogP contribution in [0.2, 0.25) is 0 Å². The summed E-state index contributed by atoms with van der Waals surface area (Å²) in [4.78, 5) is 26.1. The fraction of sp³-hybridized carbons (Fsp3) is 0.600. The SMILES string of the molecule is O=C(CC(=O)N1CCC(Cc2ccccc2)CC1)NCC1CCCO1. The van der Waals surface area contributed by atoms with E-state index in [4.69, 9.17) is 4.74 Å². The molecule has 0 radical (unpaired) electrons. The molecule has 0 aliphatic carbocycles. The quantitative estimate of drug-likeness (QED) is 0.805. The molecule has 1 unspecified atom stereocenters. The molecule has 0 aromatic heterocycles. The summed E-state index contributed by atoms with van der Waals surface area (Å²) < 4.78 is 5.48. The lowest BCUT2D eigenvalue weighted by molar-refractivity contribution is -0.137. The van der Waals surface area contributed by atoms with E-state index in [9.17, 15) is 9.59 Å². The maximum atomic E-state index is 12.3. The monoisotopic (exact) mass is 344 g/mol. The van der Waals surface area contributed by atoms with Gasteiger partial charge in [0.2, 0.25) is 11.8 Å². The van der Waals surface area contributed by atoms with Gasteiger partial charge in [0.25, 0.3) is 0 Å². The first-order valence-corrected chi connectivity index (χ1v) is 9.40. The molecule has 2 aliphatic heterocycles. The molecule has 3 rings (SSSR count). The molecule has 1 aromatic carbocycles. The van der Waals surface area contributed by atoms with E-state index in [1.54, 1.807) is 0 Å². The molecule has 2 saturated heterocycles. The second-order valence-corrected chi connectivity index (χ2v) is 7.13. The maximum absolute atomic E-state index is 12.3. The van der Waals surface area contributed by atoms with Crippen molar-refractivity contribution in [3.8, 4) is 0 Å².